The van der Waals surface area contributed by atoms with Gasteiger partial charge in [0.2, 0.25) is 5.91 Å². The number of esters is 1. The number of nitrogens with zero attached hydrogens (tertiary/aromatic N) is 5. The minimum atomic E-state index is -4.45. The second-order valence-electron chi connectivity index (χ2n) is 10.6. The van der Waals surface area contributed by atoms with E-state index in [4.69, 9.17) is 4.74 Å². The summed E-state index contributed by atoms with van der Waals surface area (Å²) in [5, 5.41) is 10.9. The summed E-state index contributed by atoms with van der Waals surface area (Å²) in [6.45, 7) is 3.16. The summed E-state index contributed by atoms with van der Waals surface area (Å²) in [7, 11) is 1.27. The van der Waals surface area contributed by atoms with Gasteiger partial charge in [0.15, 0.2) is 5.69 Å². The monoisotopic (exact) mass is 570 g/mol. The fourth-order valence-electron chi connectivity index (χ4n) is 5.76. The molecule has 5 rings (SSSR count). The van der Waals surface area contributed by atoms with Crippen LogP contribution in [-0.4, -0.2) is 75.5 Å². The van der Waals surface area contributed by atoms with Gasteiger partial charge in [-0.1, -0.05) is 47.7 Å². The Hall–Kier alpha value is -3.77. The fraction of sp³-hybridized carbons (Fsp3) is 0.448. The van der Waals surface area contributed by atoms with Crippen molar-refractivity contribution < 1.29 is 27.5 Å². The number of hydrogen-bond donors (Lipinski definition) is 1. The van der Waals surface area contributed by atoms with Crippen molar-refractivity contribution in [1.82, 2.24) is 30.1 Å². The molecule has 0 spiro atoms. The third kappa shape index (κ3) is 6.94. The number of likely N-dealkylation sites (tertiary alicyclic amines) is 2. The number of hydrogen-bond acceptors (Lipinski definition) is 7. The Kier molecular flexibility index (Phi) is 8.69. The predicted molar refractivity (Wildman–Crippen MR) is 144 cm³/mol. The van der Waals surface area contributed by atoms with Crippen LogP contribution in [0.2, 0.25) is 0 Å². The average molecular weight is 571 g/mol. The van der Waals surface area contributed by atoms with Gasteiger partial charge in [0.05, 0.1) is 31.0 Å². The number of amides is 1. The molecule has 2 fully saturated rings. The Morgan fingerprint density at radius 3 is 2.46 bits per heavy atom. The van der Waals surface area contributed by atoms with Crippen molar-refractivity contribution in [3.8, 4) is 0 Å². The van der Waals surface area contributed by atoms with Gasteiger partial charge in [-0.05, 0) is 55.6 Å². The molecule has 12 heteroatoms. The van der Waals surface area contributed by atoms with E-state index in [-0.39, 0.29) is 30.2 Å². The van der Waals surface area contributed by atoms with Gasteiger partial charge in [-0.3, -0.25) is 14.6 Å². The number of rotatable bonds is 8. The lowest BCUT2D eigenvalue weighted by Gasteiger charge is -2.39. The molecule has 2 saturated heterocycles. The van der Waals surface area contributed by atoms with Crippen LogP contribution < -0.4 is 5.32 Å². The highest BCUT2D eigenvalue weighted by Crippen LogP contribution is 2.33. The molecule has 41 heavy (non-hydrogen) atoms. The van der Waals surface area contributed by atoms with E-state index in [1.165, 1.54) is 24.9 Å². The molecule has 1 N–H and O–H groups in total. The lowest BCUT2D eigenvalue weighted by Crippen LogP contribution is -2.51. The molecule has 3 aromatic rings. The molecule has 0 bridgehead atoms. The van der Waals surface area contributed by atoms with Gasteiger partial charge in [-0.2, -0.15) is 13.2 Å². The molecular weight excluding hydrogens is 537 g/mol. The van der Waals surface area contributed by atoms with Crippen molar-refractivity contribution in [2.24, 2.45) is 0 Å². The highest BCUT2D eigenvalue weighted by molar-refractivity contribution is 5.86. The van der Waals surface area contributed by atoms with Crippen molar-refractivity contribution in [2.75, 3.05) is 26.7 Å². The van der Waals surface area contributed by atoms with Gasteiger partial charge in [0, 0.05) is 25.7 Å². The van der Waals surface area contributed by atoms with Gasteiger partial charge >= 0.3 is 12.1 Å². The van der Waals surface area contributed by atoms with Crippen molar-refractivity contribution in [1.29, 1.82) is 0 Å². The van der Waals surface area contributed by atoms with E-state index in [0.717, 1.165) is 44.6 Å². The SMILES string of the molecule is COC(=O)c1cn([C@H]2C[C@@H](C(=O)NCc3cccc(C(F)(F)F)c3)N(C3CCN(Cc4ccccc4)CC3)C2)nn1. The lowest BCUT2D eigenvalue weighted by atomic mass is 10.0. The molecule has 2 aliphatic rings. The number of piperidine rings is 1. The quantitative estimate of drug-likeness (QED) is 0.413. The fourth-order valence-corrected chi connectivity index (χ4v) is 5.76. The maximum Gasteiger partial charge on any atom is 0.416 e. The number of alkyl halides is 3. The van der Waals surface area contributed by atoms with E-state index >= 15 is 0 Å². The standard InChI is InChI=1S/C29H33F3N6O3/c1-41-28(40)25-19-38(35-34-25)24-15-26(27(39)33-16-21-8-5-9-22(14-21)29(30,31)32)37(18-24)23-10-12-36(13-11-23)17-20-6-3-2-4-7-20/h2-9,14,19,23-24,26H,10-13,15-18H2,1H3,(H,33,39)/t24-,26-/m0/s1. The maximum absolute atomic E-state index is 13.5. The van der Waals surface area contributed by atoms with E-state index in [0.29, 0.717) is 18.5 Å². The van der Waals surface area contributed by atoms with Crippen LogP contribution in [-0.2, 0) is 28.8 Å². The third-order valence-corrected chi connectivity index (χ3v) is 7.90. The maximum atomic E-state index is 13.5. The van der Waals surface area contributed by atoms with Crippen molar-refractivity contribution in [2.45, 2.75) is 56.7 Å². The highest BCUT2D eigenvalue weighted by atomic mass is 19.4. The highest BCUT2D eigenvalue weighted by Gasteiger charge is 2.42. The molecule has 3 heterocycles. The smallest absolute Gasteiger partial charge is 0.416 e. The van der Waals surface area contributed by atoms with Gasteiger partial charge in [0.25, 0.3) is 0 Å². The molecule has 0 unspecified atom stereocenters. The second kappa shape index (κ2) is 12.4. The topological polar surface area (TPSA) is 92.6 Å². The van der Waals surface area contributed by atoms with Crippen LogP contribution in [0.3, 0.4) is 0 Å². The number of carbonyl (C=O) groups excluding carboxylic acids is 2. The summed E-state index contributed by atoms with van der Waals surface area (Å²) >= 11 is 0. The largest absolute Gasteiger partial charge is 0.464 e. The summed E-state index contributed by atoms with van der Waals surface area (Å²) in [5.41, 5.74) is 0.974. The zero-order valence-electron chi connectivity index (χ0n) is 22.8. The van der Waals surface area contributed by atoms with Crippen LogP contribution >= 0.6 is 0 Å². The summed E-state index contributed by atoms with van der Waals surface area (Å²) < 4.78 is 45.8. The van der Waals surface area contributed by atoms with Crippen molar-refractivity contribution >= 4 is 11.9 Å². The number of aromatic nitrogens is 3. The Morgan fingerprint density at radius 1 is 1.02 bits per heavy atom. The lowest BCUT2D eigenvalue weighted by molar-refractivity contribution is -0.137. The zero-order valence-corrected chi connectivity index (χ0v) is 22.8. The Morgan fingerprint density at radius 2 is 1.76 bits per heavy atom. The summed E-state index contributed by atoms with van der Waals surface area (Å²) in [5.74, 6) is -0.836. The zero-order chi connectivity index (χ0) is 29.0. The van der Waals surface area contributed by atoms with Crippen molar-refractivity contribution in [3.05, 3.63) is 83.2 Å². The number of benzene rings is 2. The van der Waals surface area contributed by atoms with E-state index in [1.54, 1.807) is 10.7 Å². The normalized spacial score (nSPS) is 20.7. The molecule has 2 aliphatic heterocycles. The number of methoxy groups -OCH3 is 1. The average Bonchev–Trinajstić information content (AvgIpc) is 3.65. The molecule has 218 valence electrons. The van der Waals surface area contributed by atoms with Crippen LogP contribution in [0.5, 0.6) is 0 Å². The minimum absolute atomic E-state index is 0.0108. The van der Waals surface area contributed by atoms with Gasteiger partial charge in [-0.15, -0.1) is 5.10 Å². The predicted octanol–water partition coefficient (Wildman–Crippen LogP) is 3.68. The van der Waals surface area contributed by atoms with E-state index in [2.05, 4.69) is 37.6 Å². The summed E-state index contributed by atoms with van der Waals surface area (Å²) in [6, 6.07) is 14.7. The summed E-state index contributed by atoms with van der Waals surface area (Å²) in [6.07, 6.45) is -0.738. The molecule has 0 radical (unpaired) electrons. The molecule has 0 aliphatic carbocycles. The molecule has 2 atom stereocenters. The Balaban J connectivity index is 1.28. The van der Waals surface area contributed by atoms with Gasteiger partial charge < -0.3 is 10.1 Å². The Labute approximate surface area is 236 Å². The summed E-state index contributed by atoms with van der Waals surface area (Å²) in [4.78, 5) is 30.0. The number of carbonyl (C=O) groups is 2. The van der Waals surface area contributed by atoms with Crippen LogP contribution in [0.15, 0.2) is 60.8 Å². The van der Waals surface area contributed by atoms with E-state index in [9.17, 15) is 22.8 Å². The first-order valence-electron chi connectivity index (χ1n) is 13.7. The molecule has 1 amide bonds. The Bertz CT molecular complexity index is 1340. The van der Waals surface area contributed by atoms with Crippen LogP contribution in [0.1, 0.15) is 52.5 Å². The number of nitrogens with one attached hydrogen (secondary N) is 1. The number of halogens is 3. The van der Waals surface area contributed by atoms with Crippen molar-refractivity contribution in [3.63, 3.8) is 0 Å². The van der Waals surface area contributed by atoms with E-state index in [1.807, 2.05) is 18.2 Å². The molecule has 2 aromatic carbocycles. The van der Waals surface area contributed by atoms with Crippen LogP contribution in [0.25, 0.3) is 0 Å². The first-order chi connectivity index (χ1) is 19.7. The molecule has 9 nitrogen and oxygen atoms in total. The second-order valence-corrected chi connectivity index (χ2v) is 10.6. The van der Waals surface area contributed by atoms with Gasteiger partial charge in [-0.25, -0.2) is 9.48 Å². The molecular formula is C29H33F3N6O3. The van der Waals surface area contributed by atoms with E-state index < -0.39 is 23.8 Å². The van der Waals surface area contributed by atoms with Gasteiger partial charge in [0.1, 0.15) is 0 Å². The first kappa shape index (κ1) is 28.7. The minimum Gasteiger partial charge on any atom is -0.464 e. The number of ether oxygens (including phenoxy) is 1. The third-order valence-electron chi connectivity index (χ3n) is 7.90. The molecule has 1 aromatic heterocycles. The molecule has 0 saturated carbocycles. The van der Waals surface area contributed by atoms with Crippen LogP contribution in [0.4, 0.5) is 13.2 Å². The van der Waals surface area contributed by atoms with Crippen LogP contribution in [0, 0.1) is 0 Å². The first-order valence-corrected chi connectivity index (χ1v) is 13.7.